The van der Waals surface area contributed by atoms with E-state index in [9.17, 15) is 0 Å². The summed E-state index contributed by atoms with van der Waals surface area (Å²) in [7, 11) is 0. The minimum absolute atomic E-state index is 0. The zero-order chi connectivity index (χ0) is 18.3. The van der Waals surface area contributed by atoms with E-state index in [-0.39, 0.29) is 33.1 Å². The Hall–Kier alpha value is -1.51. The molecule has 0 bridgehead atoms. The largest absolute Gasteiger partial charge is 2.00 e. The molecule has 1 saturated carbocycles. The van der Waals surface area contributed by atoms with Crippen LogP contribution in [0.15, 0.2) is 0 Å². The van der Waals surface area contributed by atoms with Crippen molar-refractivity contribution >= 4 is 23.9 Å². The Morgan fingerprint density at radius 3 is 1.00 bits per heavy atom. The summed E-state index contributed by atoms with van der Waals surface area (Å²) in [5.41, 5.74) is 14.6. The summed E-state index contributed by atoms with van der Waals surface area (Å²) in [4.78, 5) is 36.2. The van der Waals surface area contributed by atoms with Crippen LogP contribution in [0.1, 0.15) is 39.5 Å². The van der Waals surface area contributed by atoms with E-state index in [1.807, 2.05) is 0 Å². The molecule has 1 rings (SSSR count). The van der Waals surface area contributed by atoms with Crippen LogP contribution < -0.4 is 0 Å². The van der Waals surface area contributed by atoms with Gasteiger partial charge in [-0.1, -0.05) is 25.7 Å². The van der Waals surface area contributed by atoms with Gasteiger partial charge in [-0.2, -0.15) is 12.1 Å². The Balaban J connectivity index is -0.000000109. The molecule has 138 valence electrons. The monoisotopic (exact) mass is 517 g/mol. The number of hydrogen-bond donors (Lipinski definition) is 4. The molecule has 6 N–H and O–H groups in total. The van der Waals surface area contributed by atoms with Crippen LogP contribution in [0.3, 0.4) is 0 Å². The Labute approximate surface area is 148 Å². The second kappa shape index (κ2) is 18.5. The maximum Gasteiger partial charge on any atom is 2.00 e. The molecule has 0 aromatic carbocycles. The number of hydrogen-bond acceptors (Lipinski definition) is 4. The van der Waals surface area contributed by atoms with Gasteiger partial charge < -0.3 is 31.9 Å². The summed E-state index contributed by atoms with van der Waals surface area (Å²) in [5, 5.41) is 29.6. The maximum atomic E-state index is 9.10. The average Bonchev–Trinajstić information content (AvgIpc) is 2.32. The Morgan fingerprint density at radius 2 is 0.913 bits per heavy atom. The average molecular weight is 517 g/mol. The minimum Gasteiger partial charge on any atom is -0.676 e. The Bertz CT molecular complexity index is 323. The zero-order valence-corrected chi connectivity index (χ0v) is 15.0. The fourth-order valence-corrected chi connectivity index (χ4v) is 1.13. The summed E-state index contributed by atoms with van der Waals surface area (Å²) >= 11 is 0. The van der Waals surface area contributed by atoms with E-state index in [1.165, 1.54) is 12.8 Å². The first-order chi connectivity index (χ1) is 9.91. The molecule has 0 heterocycles. The molecule has 1 fully saturated rings. The smallest absolute Gasteiger partial charge is 0.676 e. The number of carboxylic acids is 4. The van der Waals surface area contributed by atoms with E-state index >= 15 is 0 Å². The molecule has 10 nitrogen and oxygen atoms in total. The van der Waals surface area contributed by atoms with Gasteiger partial charge in [0.15, 0.2) is 0 Å². The minimum atomic E-state index is -1.82. The number of rotatable bonds is 0. The molecule has 0 radical (unpaired) electrons. The molecular formula is C12H22N2O8Pt. The number of nitrogens with one attached hydrogen (secondary N) is 2. The van der Waals surface area contributed by atoms with E-state index < -0.39 is 23.9 Å². The number of carbonyl (C=O) groups is 4. The van der Waals surface area contributed by atoms with Crippen molar-refractivity contribution in [2.75, 3.05) is 0 Å². The molecule has 0 amide bonds. The first-order valence-corrected chi connectivity index (χ1v) is 6.19. The molecule has 0 aromatic rings. The maximum absolute atomic E-state index is 9.10. The standard InChI is InChI=1S/C6H12N2.C2H2O4.2C2H4O2.Pt/c7-5-3-1-2-4-6(5)8;3-1(4)2(5)6;2*1-2(3)4;/h5-8H,1-4H2;(H,3,4)(H,5,6);2*1H3,(H,3,4);/q-2;;;;+2. The van der Waals surface area contributed by atoms with Crippen molar-refractivity contribution in [3.05, 3.63) is 11.5 Å². The Kier molecular flexibility index (Phi) is 23.8. The normalized spacial score (nSPS) is 17.9. The molecule has 0 aliphatic heterocycles. The van der Waals surface area contributed by atoms with Crippen LogP contribution >= 0.6 is 0 Å². The molecule has 1 aliphatic carbocycles. The van der Waals surface area contributed by atoms with Gasteiger partial charge in [0.2, 0.25) is 0 Å². The van der Waals surface area contributed by atoms with Gasteiger partial charge in [-0.25, -0.2) is 9.59 Å². The number of aliphatic carboxylic acids is 4. The van der Waals surface area contributed by atoms with Gasteiger partial charge in [-0.15, -0.1) is 0 Å². The van der Waals surface area contributed by atoms with E-state index in [2.05, 4.69) is 0 Å². The predicted octanol–water partition coefficient (Wildman–Crippen LogP) is 1.74. The van der Waals surface area contributed by atoms with Crippen LogP contribution in [-0.2, 0) is 40.2 Å². The molecule has 2 unspecified atom stereocenters. The predicted molar refractivity (Wildman–Crippen MR) is 76.6 cm³/mol. The summed E-state index contributed by atoms with van der Waals surface area (Å²) < 4.78 is 0. The molecule has 0 spiro atoms. The third-order valence-electron chi connectivity index (χ3n) is 1.95. The van der Waals surface area contributed by atoms with Gasteiger partial charge in [-0.05, 0) is 0 Å². The van der Waals surface area contributed by atoms with Crippen LogP contribution in [-0.4, -0.2) is 56.4 Å². The van der Waals surface area contributed by atoms with Crippen molar-refractivity contribution in [3.8, 4) is 0 Å². The van der Waals surface area contributed by atoms with Gasteiger partial charge >= 0.3 is 33.0 Å². The van der Waals surface area contributed by atoms with Gasteiger partial charge in [0.25, 0.3) is 11.9 Å². The zero-order valence-electron chi connectivity index (χ0n) is 12.7. The topological polar surface area (TPSA) is 197 Å². The molecule has 1 aliphatic rings. The van der Waals surface area contributed by atoms with E-state index in [0.717, 1.165) is 26.7 Å². The molecule has 0 aromatic heterocycles. The fourth-order valence-electron chi connectivity index (χ4n) is 1.13. The summed E-state index contributed by atoms with van der Waals surface area (Å²) in [6, 6.07) is -0.160. The van der Waals surface area contributed by atoms with Crippen molar-refractivity contribution in [3.63, 3.8) is 0 Å². The van der Waals surface area contributed by atoms with Gasteiger partial charge in [0, 0.05) is 13.8 Å². The van der Waals surface area contributed by atoms with E-state index in [4.69, 9.17) is 51.1 Å². The summed E-state index contributed by atoms with van der Waals surface area (Å²) in [5.74, 6) is -5.31. The van der Waals surface area contributed by atoms with E-state index in [1.54, 1.807) is 0 Å². The quantitative estimate of drug-likeness (QED) is 0.348. The Morgan fingerprint density at radius 1 is 0.739 bits per heavy atom. The molecule has 23 heavy (non-hydrogen) atoms. The summed E-state index contributed by atoms with van der Waals surface area (Å²) in [6.07, 6.45) is 4.25. The van der Waals surface area contributed by atoms with Crippen LogP contribution in [0.2, 0.25) is 0 Å². The van der Waals surface area contributed by atoms with Gasteiger partial charge in [0.05, 0.1) is 0 Å². The van der Waals surface area contributed by atoms with Crippen molar-refractivity contribution in [2.24, 2.45) is 0 Å². The summed E-state index contributed by atoms with van der Waals surface area (Å²) in [6.45, 7) is 2.17. The second-order valence-corrected chi connectivity index (χ2v) is 4.15. The van der Waals surface area contributed by atoms with Gasteiger partial charge in [-0.3, -0.25) is 9.59 Å². The second-order valence-electron chi connectivity index (χ2n) is 4.15. The fraction of sp³-hybridized carbons (Fsp3) is 0.667. The third kappa shape index (κ3) is 38.5. The number of carboxylic acid groups (broad SMARTS) is 4. The molecular weight excluding hydrogens is 495 g/mol. The molecule has 2 atom stereocenters. The van der Waals surface area contributed by atoms with Crippen molar-refractivity contribution in [2.45, 2.75) is 51.6 Å². The van der Waals surface area contributed by atoms with Crippen molar-refractivity contribution in [1.82, 2.24) is 0 Å². The molecule has 0 saturated heterocycles. The first-order valence-electron chi connectivity index (χ1n) is 6.19. The first kappa shape index (κ1) is 29.5. The third-order valence-corrected chi connectivity index (χ3v) is 1.95. The van der Waals surface area contributed by atoms with Crippen LogP contribution in [0.25, 0.3) is 11.5 Å². The van der Waals surface area contributed by atoms with Crippen molar-refractivity contribution in [1.29, 1.82) is 0 Å². The van der Waals surface area contributed by atoms with Crippen LogP contribution in [0.4, 0.5) is 0 Å². The van der Waals surface area contributed by atoms with Crippen LogP contribution in [0, 0.1) is 0 Å². The van der Waals surface area contributed by atoms with Crippen molar-refractivity contribution < 1.29 is 60.7 Å². The van der Waals surface area contributed by atoms with Crippen LogP contribution in [0.5, 0.6) is 0 Å². The molecule has 11 heteroatoms. The SMILES string of the molecule is CC(=O)O.CC(=O)O.O=C(O)C(=O)O.[NH-]C1CCCCC1[NH-].[Pt+2]. The van der Waals surface area contributed by atoms with E-state index in [0.29, 0.717) is 0 Å². The van der Waals surface area contributed by atoms with Gasteiger partial charge in [0.1, 0.15) is 0 Å².